The fraction of sp³-hybridized carbons (Fsp3) is 1.00. The Balaban J connectivity index is -0.00000128. The molecule has 0 aliphatic rings. The number of hydrogen-bond acceptors (Lipinski definition) is 3. The van der Waals surface area contributed by atoms with Crippen molar-refractivity contribution in [3.8, 4) is 0 Å². The van der Waals surface area contributed by atoms with Crippen molar-refractivity contribution >= 4 is 7.60 Å². The minimum absolute atomic E-state index is 0. The van der Waals surface area contributed by atoms with Gasteiger partial charge < -0.3 is 14.4 Å². The zero-order valence-corrected chi connectivity index (χ0v) is 9.97. The normalized spacial score (nSPS) is 14.5. The van der Waals surface area contributed by atoms with Crippen LogP contribution in [0.15, 0.2) is 0 Å². The third-order valence-corrected chi connectivity index (χ3v) is 2.44. The molecule has 0 heterocycles. The van der Waals surface area contributed by atoms with E-state index in [0.717, 1.165) is 0 Å². The van der Waals surface area contributed by atoms with Crippen LogP contribution in [0.5, 0.6) is 0 Å². The quantitative estimate of drug-likeness (QED) is 0.299. The van der Waals surface area contributed by atoms with Gasteiger partial charge in [0.1, 0.15) is 0 Å². The summed E-state index contributed by atoms with van der Waals surface area (Å²) in [6.45, 7) is 0. The maximum absolute atomic E-state index is 12.2. The number of rotatable bonds is 3. The van der Waals surface area contributed by atoms with Gasteiger partial charge in [-0.1, -0.05) is 0 Å². The Morgan fingerprint density at radius 2 is 0.947 bits per heavy atom. The molecular formula is C4F9Li2O3P. The van der Waals surface area contributed by atoms with Gasteiger partial charge in [-0.15, -0.1) is 0 Å². The predicted molar refractivity (Wildman–Crippen MR) is 28.5 cm³/mol. The van der Waals surface area contributed by atoms with E-state index < -0.39 is 31.3 Å². The Labute approximate surface area is 123 Å². The molecule has 0 aromatic carbocycles. The SMILES string of the molecule is O=P([O-])([O-])C(F)(F)C(F)(F)C(F)(F)C(F)(F)F.[Li+].[Li+]. The molecule has 15 heteroatoms. The molecule has 0 bridgehead atoms. The van der Waals surface area contributed by atoms with Gasteiger partial charge in [-0.25, -0.2) is 0 Å². The summed E-state index contributed by atoms with van der Waals surface area (Å²) in [6, 6.07) is 0. The van der Waals surface area contributed by atoms with Crippen LogP contribution >= 0.6 is 7.60 Å². The molecule has 0 aliphatic heterocycles. The summed E-state index contributed by atoms with van der Waals surface area (Å²) < 4.78 is 116. The van der Waals surface area contributed by atoms with Gasteiger partial charge in [0, 0.05) is 7.60 Å². The molecule has 0 fully saturated rings. The molecule has 0 spiro atoms. The average Bonchev–Trinajstić information content (AvgIpc) is 1.98. The molecule has 0 saturated heterocycles. The van der Waals surface area contributed by atoms with Crippen LogP contribution in [0.3, 0.4) is 0 Å². The first-order valence-corrected chi connectivity index (χ1v) is 4.76. The molecule has 0 amide bonds. The Hall–Kier alpha value is 0.715. The summed E-state index contributed by atoms with van der Waals surface area (Å²) in [7, 11) is -7.72. The van der Waals surface area contributed by atoms with Gasteiger partial charge in [-0.3, -0.25) is 0 Å². The van der Waals surface area contributed by atoms with E-state index in [1.165, 1.54) is 0 Å². The van der Waals surface area contributed by atoms with Crippen LogP contribution in [0, 0.1) is 0 Å². The summed E-state index contributed by atoms with van der Waals surface area (Å²) in [5, 5.41) is 0. The van der Waals surface area contributed by atoms with Crippen LogP contribution in [0.25, 0.3) is 0 Å². The summed E-state index contributed by atoms with van der Waals surface area (Å²) >= 11 is 0. The Morgan fingerprint density at radius 3 is 1.11 bits per heavy atom. The standard InChI is InChI=1S/C4H2F9O3P.2Li/c5-1(6,3(9,10)11)2(7,8)4(12,13)17(14,15)16;;/h(H2,14,15,16);;/q;2*+1/p-2. The van der Waals surface area contributed by atoms with E-state index in [-0.39, 0.29) is 37.7 Å². The van der Waals surface area contributed by atoms with Crippen molar-refractivity contribution in [1.29, 1.82) is 0 Å². The van der Waals surface area contributed by atoms with E-state index in [9.17, 15) is 53.9 Å². The van der Waals surface area contributed by atoms with Gasteiger partial charge in [-0.2, -0.15) is 39.5 Å². The monoisotopic (exact) mass is 312 g/mol. The zero-order valence-electron chi connectivity index (χ0n) is 9.07. The largest absolute Gasteiger partial charge is 1.00 e. The Kier molecular flexibility index (Phi) is 8.10. The number of alkyl halides is 9. The maximum Gasteiger partial charge on any atom is 1.00 e. The molecule has 0 saturated carbocycles. The van der Waals surface area contributed by atoms with E-state index in [4.69, 9.17) is 0 Å². The maximum atomic E-state index is 12.2. The van der Waals surface area contributed by atoms with Crippen molar-refractivity contribution in [1.82, 2.24) is 0 Å². The molecule has 0 aromatic heterocycles. The van der Waals surface area contributed by atoms with Gasteiger partial charge >= 0.3 is 61.4 Å². The second-order valence-electron chi connectivity index (χ2n) is 2.69. The molecule has 19 heavy (non-hydrogen) atoms. The van der Waals surface area contributed by atoms with Gasteiger partial charge in [0.2, 0.25) is 0 Å². The fourth-order valence-corrected chi connectivity index (χ4v) is 1.02. The third-order valence-electron chi connectivity index (χ3n) is 1.47. The van der Waals surface area contributed by atoms with E-state index >= 15 is 0 Å². The van der Waals surface area contributed by atoms with E-state index in [2.05, 4.69) is 0 Å². The van der Waals surface area contributed by atoms with E-state index in [0.29, 0.717) is 0 Å². The second kappa shape index (κ2) is 6.23. The van der Waals surface area contributed by atoms with Crippen LogP contribution < -0.4 is 47.5 Å². The van der Waals surface area contributed by atoms with Crippen molar-refractivity contribution in [3.05, 3.63) is 0 Å². The molecule has 0 aliphatic carbocycles. The van der Waals surface area contributed by atoms with E-state index in [1.807, 2.05) is 0 Å². The minimum Gasteiger partial charge on any atom is -0.806 e. The summed E-state index contributed by atoms with van der Waals surface area (Å²) in [4.78, 5) is 19.2. The first kappa shape index (κ1) is 24.7. The Morgan fingerprint density at radius 1 is 0.684 bits per heavy atom. The van der Waals surface area contributed by atoms with E-state index in [1.54, 1.807) is 0 Å². The van der Waals surface area contributed by atoms with Gasteiger partial charge in [-0.05, 0) is 0 Å². The minimum atomic E-state index is -7.72. The topological polar surface area (TPSA) is 63.2 Å². The van der Waals surface area contributed by atoms with Crippen LogP contribution in [-0.2, 0) is 4.57 Å². The van der Waals surface area contributed by atoms with Gasteiger partial charge in [0.05, 0.1) is 0 Å². The van der Waals surface area contributed by atoms with Crippen LogP contribution in [0.4, 0.5) is 39.5 Å². The van der Waals surface area contributed by atoms with Gasteiger partial charge in [0.25, 0.3) is 0 Å². The molecule has 0 radical (unpaired) electrons. The molecule has 0 atom stereocenters. The molecule has 3 nitrogen and oxygen atoms in total. The molecule has 0 aromatic rings. The van der Waals surface area contributed by atoms with Crippen LogP contribution in [-0.4, -0.2) is 23.7 Å². The number of hydrogen-bond donors (Lipinski definition) is 0. The molecule has 104 valence electrons. The third kappa shape index (κ3) is 3.88. The van der Waals surface area contributed by atoms with Crippen LogP contribution in [0.2, 0.25) is 0 Å². The van der Waals surface area contributed by atoms with Gasteiger partial charge in [0.15, 0.2) is 0 Å². The number of halogens is 9. The molecule has 0 rings (SSSR count). The van der Waals surface area contributed by atoms with Crippen molar-refractivity contribution in [2.75, 3.05) is 0 Å². The zero-order chi connectivity index (χ0) is 14.5. The molecule has 0 N–H and O–H groups in total. The predicted octanol–water partition coefficient (Wildman–Crippen LogP) is -4.67. The summed E-state index contributed by atoms with van der Waals surface area (Å²) in [6.07, 6.45) is -7.16. The molecule has 0 unspecified atom stereocenters. The fourth-order valence-electron chi connectivity index (χ4n) is 0.539. The first-order chi connectivity index (χ1) is 7.00. The smallest absolute Gasteiger partial charge is 0.806 e. The summed E-state index contributed by atoms with van der Waals surface area (Å²) in [5.74, 6) is -14.8. The molecular weight excluding hydrogens is 312 g/mol. The first-order valence-electron chi connectivity index (χ1n) is 3.22. The second-order valence-corrected chi connectivity index (χ2v) is 4.24. The van der Waals surface area contributed by atoms with Crippen LogP contribution in [0.1, 0.15) is 0 Å². The van der Waals surface area contributed by atoms with Crippen molar-refractivity contribution < 1.29 is 91.6 Å². The average molecular weight is 312 g/mol. The Bertz CT molecular complexity index is 350. The summed E-state index contributed by atoms with van der Waals surface area (Å²) in [5.41, 5.74) is -7.08. The van der Waals surface area contributed by atoms with Crippen molar-refractivity contribution in [3.63, 3.8) is 0 Å². The van der Waals surface area contributed by atoms with Crippen molar-refractivity contribution in [2.45, 2.75) is 23.7 Å². The van der Waals surface area contributed by atoms with Crippen molar-refractivity contribution in [2.24, 2.45) is 0 Å².